The summed E-state index contributed by atoms with van der Waals surface area (Å²) in [7, 11) is 1.56. The molecule has 0 atom stereocenters. The van der Waals surface area contributed by atoms with E-state index in [9.17, 15) is 4.79 Å². The van der Waals surface area contributed by atoms with Gasteiger partial charge in [0.1, 0.15) is 5.75 Å². The van der Waals surface area contributed by atoms with E-state index in [1.54, 1.807) is 31.4 Å². The molecule has 104 valence electrons. The van der Waals surface area contributed by atoms with E-state index in [0.29, 0.717) is 22.1 Å². The van der Waals surface area contributed by atoms with Crippen LogP contribution in [0, 0.1) is 0 Å². The molecule has 0 saturated heterocycles. The lowest BCUT2D eigenvalue weighted by atomic mass is 10.1. The van der Waals surface area contributed by atoms with Crippen molar-refractivity contribution in [2.24, 2.45) is 0 Å². The van der Waals surface area contributed by atoms with Crippen molar-refractivity contribution in [1.82, 2.24) is 0 Å². The fourth-order valence-corrected chi connectivity index (χ4v) is 1.95. The minimum absolute atomic E-state index is 0.182. The van der Waals surface area contributed by atoms with E-state index in [0.717, 1.165) is 5.56 Å². The molecule has 0 aliphatic rings. The normalized spacial score (nSPS) is 10.1. The molecule has 0 radical (unpaired) electrons. The van der Waals surface area contributed by atoms with E-state index < -0.39 is 0 Å². The zero-order chi connectivity index (χ0) is 14.5. The van der Waals surface area contributed by atoms with E-state index in [-0.39, 0.29) is 12.3 Å². The Morgan fingerprint density at radius 3 is 2.75 bits per heavy atom. The van der Waals surface area contributed by atoms with Gasteiger partial charge in [-0.2, -0.15) is 0 Å². The smallest absolute Gasteiger partial charge is 0.228 e. The third kappa shape index (κ3) is 3.42. The topological polar surface area (TPSA) is 64.3 Å². The van der Waals surface area contributed by atoms with Crippen LogP contribution in [-0.2, 0) is 11.2 Å². The van der Waals surface area contributed by atoms with Crippen molar-refractivity contribution >= 4 is 28.9 Å². The van der Waals surface area contributed by atoms with E-state index >= 15 is 0 Å². The fraction of sp³-hybridized carbons (Fsp3) is 0.133. The first kappa shape index (κ1) is 14.2. The third-order valence-corrected chi connectivity index (χ3v) is 3.18. The second-order valence-electron chi connectivity index (χ2n) is 4.27. The molecule has 0 fully saturated rings. The molecule has 0 aromatic heterocycles. The summed E-state index contributed by atoms with van der Waals surface area (Å²) in [6, 6.07) is 12.3. The zero-order valence-electron chi connectivity index (χ0n) is 11.0. The lowest BCUT2D eigenvalue weighted by Crippen LogP contribution is -2.15. The summed E-state index contributed by atoms with van der Waals surface area (Å²) in [4.78, 5) is 12.0. The summed E-state index contributed by atoms with van der Waals surface area (Å²) >= 11 is 6.04. The molecule has 0 spiro atoms. The molecule has 2 aromatic rings. The SMILES string of the molecule is COc1ccc(Cl)c(NC(=O)Cc2ccccc2N)c1. The van der Waals surface area contributed by atoms with Gasteiger partial charge in [0.25, 0.3) is 0 Å². The Hall–Kier alpha value is -2.20. The van der Waals surface area contributed by atoms with Crippen LogP contribution in [-0.4, -0.2) is 13.0 Å². The van der Waals surface area contributed by atoms with Gasteiger partial charge < -0.3 is 15.8 Å². The Morgan fingerprint density at radius 2 is 2.05 bits per heavy atom. The first-order valence-electron chi connectivity index (χ1n) is 6.07. The van der Waals surface area contributed by atoms with E-state index in [1.165, 1.54) is 0 Å². The number of amides is 1. The van der Waals surface area contributed by atoms with Crippen LogP contribution in [0.1, 0.15) is 5.56 Å². The lowest BCUT2D eigenvalue weighted by molar-refractivity contribution is -0.115. The molecule has 2 aromatic carbocycles. The minimum Gasteiger partial charge on any atom is -0.497 e. The average Bonchev–Trinajstić information content (AvgIpc) is 2.44. The summed E-state index contributed by atoms with van der Waals surface area (Å²) in [6.07, 6.45) is 0.195. The molecular formula is C15H15ClN2O2. The number of nitrogens with two attached hydrogens (primary N) is 1. The average molecular weight is 291 g/mol. The summed E-state index contributed by atoms with van der Waals surface area (Å²) in [5.74, 6) is 0.446. The molecule has 0 aliphatic carbocycles. The van der Waals surface area contributed by atoms with Crippen LogP contribution < -0.4 is 15.8 Å². The van der Waals surface area contributed by atoms with Crippen LogP contribution in [0.15, 0.2) is 42.5 Å². The molecule has 20 heavy (non-hydrogen) atoms. The number of anilines is 2. The molecule has 4 nitrogen and oxygen atoms in total. The third-order valence-electron chi connectivity index (χ3n) is 2.85. The van der Waals surface area contributed by atoms with Gasteiger partial charge in [-0.3, -0.25) is 4.79 Å². The molecule has 0 unspecified atom stereocenters. The van der Waals surface area contributed by atoms with Gasteiger partial charge in [0.2, 0.25) is 5.91 Å². The van der Waals surface area contributed by atoms with Gasteiger partial charge in [0.15, 0.2) is 0 Å². The summed E-state index contributed by atoms with van der Waals surface area (Å²) in [5, 5.41) is 3.21. The molecule has 0 saturated carbocycles. The van der Waals surface area contributed by atoms with Gasteiger partial charge in [-0.05, 0) is 23.8 Å². The van der Waals surface area contributed by atoms with Crippen LogP contribution in [0.3, 0.4) is 0 Å². The Morgan fingerprint density at radius 1 is 1.30 bits per heavy atom. The first-order valence-corrected chi connectivity index (χ1v) is 6.44. The highest BCUT2D eigenvalue weighted by Crippen LogP contribution is 2.26. The Labute approximate surface area is 122 Å². The maximum Gasteiger partial charge on any atom is 0.228 e. The van der Waals surface area contributed by atoms with Crippen molar-refractivity contribution in [1.29, 1.82) is 0 Å². The predicted octanol–water partition coefficient (Wildman–Crippen LogP) is 3.11. The Kier molecular flexibility index (Phi) is 4.48. The zero-order valence-corrected chi connectivity index (χ0v) is 11.8. The molecule has 3 N–H and O–H groups in total. The summed E-state index contributed by atoms with van der Waals surface area (Å²) in [5.41, 5.74) is 7.71. The first-order chi connectivity index (χ1) is 9.60. The number of benzene rings is 2. The molecule has 5 heteroatoms. The second-order valence-corrected chi connectivity index (χ2v) is 4.68. The van der Waals surface area contributed by atoms with Crippen LogP contribution >= 0.6 is 11.6 Å². The number of rotatable bonds is 4. The number of halogens is 1. The van der Waals surface area contributed by atoms with Crippen molar-refractivity contribution < 1.29 is 9.53 Å². The number of carbonyl (C=O) groups is 1. The Bertz CT molecular complexity index is 629. The van der Waals surface area contributed by atoms with Crippen molar-refractivity contribution in [2.45, 2.75) is 6.42 Å². The van der Waals surface area contributed by atoms with E-state index in [2.05, 4.69) is 5.32 Å². The standard InChI is InChI=1S/C15H15ClN2O2/c1-20-11-6-7-12(16)14(9-11)18-15(19)8-10-4-2-3-5-13(10)17/h2-7,9H,8,17H2,1H3,(H,18,19). The number of hydrogen-bond acceptors (Lipinski definition) is 3. The van der Waals surface area contributed by atoms with Crippen molar-refractivity contribution in [3.63, 3.8) is 0 Å². The highest BCUT2D eigenvalue weighted by atomic mass is 35.5. The van der Waals surface area contributed by atoms with Crippen molar-refractivity contribution in [3.8, 4) is 5.75 Å². The Balaban J connectivity index is 2.10. The second kappa shape index (κ2) is 6.30. The van der Waals surface area contributed by atoms with Crippen LogP contribution in [0.2, 0.25) is 5.02 Å². The molecule has 0 bridgehead atoms. The van der Waals surface area contributed by atoms with Crippen LogP contribution in [0.4, 0.5) is 11.4 Å². The minimum atomic E-state index is -0.182. The lowest BCUT2D eigenvalue weighted by Gasteiger charge is -2.10. The van der Waals surface area contributed by atoms with Gasteiger partial charge in [0, 0.05) is 11.8 Å². The van der Waals surface area contributed by atoms with Gasteiger partial charge in [-0.1, -0.05) is 29.8 Å². The molecule has 0 heterocycles. The van der Waals surface area contributed by atoms with Crippen molar-refractivity contribution in [2.75, 3.05) is 18.2 Å². The number of nitrogen functional groups attached to an aromatic ring is 1. The van der Waals surface area contributed by atoms with Crippen LogP contribution in [0.25, 0.3) is 0 Å². The van der Waals surface area contributed by atoms with Gasteiger partial charge in [-0.15, -0.1) is 0 Å². The summed E-state index contributed by atoms with van der Waals surface area (Å²) in [6.45, 7) is 0. The monoisotopic (exact) mass is 290 g/mol. The molecular weight excluding hydrogens is 276 g/mol. The number of ether oxygens (including phenoxy) is 1. The highest BCUT2D eigenvalue weighted by molar-refractivity contribution is 6.33. The molecule has 1 amide bonds. The summed E-state index contributed by atoms with van der Waals surface area (Å²) < 4.78 is 5.10. The van der Waals surface area contributed by atoms with Gasteiger partial charge >= 0.3 is 0 Å². The quantitative estimate of drug-likeness (QED) is 0.850. The number of carbonyl (C=O) groups excluding carboxylic acids is 1. The maximum absolute atomic E-state index is 12.0. The predicted molar refractivity (Wildman–Crippen MR) is 81.2 cm³/mol. The number of hydrogen-bond donors (Lipinski definition) is 2. The van der Waals surface area contributed by atoms with E-state index in [4.69, 9.17) is 22.1 Å². The number of methoxy groups -OCH3 is 1. The molecule has 2 rings (SSSR count). The molecule has 0 aliphatic heterocycles. The fourth-order valence-electron chi connectivity index (χ4n) is 1.79. The number of nitrogens with one attached hydrogen (secondary N) is 1. The van der Waals surface area contributed by atoms with Crippen LogP contribution in [0.5, 0.6) is 5.75 Å². The maximum atomic E-state index is 12.0. The van der Waals surface area contributed by atoms with E-state index in [1.807, 2.05) is 18.2 Å². The van der Waals surface area contributed by atoms with Gasteiger partial charge in [-0.25, -0.2) is 0 Å². The van der Waals surface area contributed by atoms with Crippen molar-refractivity contribution in [3.05, 3.63) is 53.1 Å². The number of para-hydroxylation sites is 1. The van der Waals surface area contributed by atoms with Gasteiger partial charge in [0.05, 0.1) is 24.2 Å². The highest BCUT2D eigenvalue weighted by Gasteiger charge is 2.09. The largest absolute Gasteiger partial charge is 0.497 e.